The third-order valence-corrected chi connectivity index (χ3v) is 7.29. The van der Waals surface area contributed by atoms with Crippen LogP contribution in [0.3, 0.4) is 0 Å². The van der Waals surface area contributed by atoms with E-state index in [2.05, 4.69) is 24.5 Å². The number of hydrogen-bond acceptors (Lipinski definition) is 6. The molecule has 10 nitrogen and oxygen atoms in total. The number of benzene rings is 2. The topological polar surface area (TPSA) is 140 Å². The number of carbonyl (C=O) groups excluding carboxylic acids is 4. The summed E-state index contributed by atoms with van der Waals surface area (Å²) in [6.07, 6.45) is 0.402. The molecule has 0 saturated heterocycles. The lowest BCUT2D eigenvalue weighted by atomic mass is 9.94. The molecule has 0 bridgehead atoms. The number of aryl methyl sites for hydroxylation is 2. The molecule has 242 valence electrons. The number of rotatable bonds is 14. The van der Waals surface area contributed by atoms with Gasteiger partial charge in [0.2, 0.25) is 11.8 Å². The standard InChI is InChI=1S/C34H50N4O6/c1-21(2)10-12-24(5)38(32(41)28(18-19-29(35)39)37-33(42)44-34(6,7)8)30(25-13-11-22(3)23(4)20-25)31(40)36-26-14-16-27(43-9)17-15-26/h11,13-17,20-21,24,28,30H,10,12,18-19H2,1-9H3,(H2,35,39)(H,36,40)(H,37,42). The number of nitrogens with one attached hydrogen (secondary N) is 2. The highest BCUT2D eigenvalue weighted by Crippen LogP contribution is 2.30. The van der Waals surface area contributed by atoms with Gasteiger partial charge in [0.15, 0.2) is 0 Å². The second-order valence-electron chi connectivity index (χ2n) is 12.7. The van der Waals surface area contributed by atoms with Crippen molar-refractivity contribution in [2.45, 2.75) is 105 Å². The Hall–Kier alpha value is -4.08. The van der Waals surface area contributed by atoms with Crippen molar-refractivity contribution >= 4 is 29.5 Å². The molecule has 2 rings (SSSR count). The molecule has 44 heavy (non-hydrogen) atoms. The molecule has 10 heteroatoms. The zero-order valence-corrected chi connectivity index (χ0v) is 27.7. The monoisotopic (exact) mass is 610 g/mol. The lowest BCUT2D eigenvalue weighted by molar-refractivity contribution is -0.143. The lowest BCUT2D eigenvalue weighted by Gasteiger charge is -2.39. The largest absolute Gasteiger partial charge is 0.497 e. The number of ether oxygens (including phenoxy) is 2. The number of nitrogens with zero attached hydrogens (tertiary/aromatic N) is 1. The number of primary amides is 1. The fourth-order valence-corrected chi connectivity index (χ4v) is 4.74. The smallest absolute Gasteiger partial charge is 0.408 e. The summed E-state index contributed by atoms with van der Waals surface area (Å²) in [7, 11) is 1.56. The van der Waals surface area contributed by atoms with Crippen LogP contribution in [0.15, 0.2) is 42.5 Å². The second-order valence-corrected chi connectivity index (χ2v) is 12.7. The predicted octanol–water partition coefficient (Wildman–Crippen LogP) is 5.80. The maximum Gasteiger partial charge on any atom is 0.408 e. The molecular weight excluding hydrogens is 560 g/mol. The Bertz CT molecular complexity index is 1290. The van der Waals surface area contributed by atoms with Gasteiger partial charge < -0.3 is 30.7 Å². The van der Waals surface area contributed by atoms with E-state index in [0.717, 1.165) is 17.5 Å². The van der Waals surface area contributed by atoms with Gasteiger partial charge in [-0.15, -0.1) is 0 Å². The first kappa shape index (κ1) is 36.1. The van der Waals surface area contributed by atoms with Crippen LogP contribution in [0.1, 0.15) is 90.0 Å². The molecule has 0 aliphatic carbocycles. The number of methoxy groups -OCH3 is 1. The normalized spacial score (nSPS) is 13.4. The van der Waals surface area contributed by atoms with Crippen LogP contribution in [0.2, 0.25) is 0 Å². The number of carbonyl (C=O) groups is 4. The van der Waals surface area contributed by atoms with E-state index >= 15 is 0 Å². The minimum absolute atomic E-state index is 0.0550. The van der Waals surface area contributed by atoms with Gasteiger partial charge in [-0.1, -0.05) is 32.0 Å². The molecule has 0 radical (unpaired) electrons. The Labute approximate surface area is 262 Å². The zero-order valence-electron chi connectivity index (χ0n) is 27.7. The van der Waals surface area contributed by atoms with Crippen molar-refractivity contribution in [1.82, 2.24) is 10.2 Å². The van der Waals surface area contributed by atoms with E-state index in [1.54, 1.807) is 52.1 Å². The zero-order chi connectivity index (χ0) is 33.2. The number of amides is 4. The summed E-state index contributed by atoms with van der Waals surface area (Å²) in [5.41, 5.74) is 7.79. The maximum absolute atomic E-state index is 14.6. The van der Waals surface area contributed by atoms with Crippen LogP contribution in [0.25, 0.3) is 0 Å². The van der Waals surface area contributed by atoms with E-state index in [-0.39, 0.29) is 12.8 Å². The molecular formula is C34H50N4O6. The molecule has 2 aromatic carbocycles. The van der Waals surface area contributed by atoms with Gasteiger partial charge in [0.1, 0.15) is 23.4 Å². The van der Waals surface area contributed by atoms with E-state index in [0.29, 0.717) is 29.3 Å². The van der Waals surface area contributed by atoms with Gasteiger partial charge in [-0.2, -0.15) is 0 Å². The van der Waals surface area contributed by atoms with E-state index in [1.165, 1.54) is 4.90 Å². The highest BCUT2D eigenvalue weighted by Gasteiger charge is 2.39. The number of hydrogen-bond donors (Lipinski definition) is 3. The van der Waals surface area contributed by atoms with Crippen LogP contribution in [-0.4, -0.2) is 53.5 Å². The summed E-state index contributed by atoms with van der Waals surface area (Å²) in [6.45, 7) is 15.2. The first-order valence-corrected chi connectivity index (χ1v) is 15.1. The summed E-state index contributed by atoms with van der Waals surface area (Å²) in [5, 5.41) is 5.62. The van der Waals surface area contributed by atoms with Gasteiger partial charge in [-0.05, 0) is 108 Å². The van der Waals surface area contributed by atoms with Gasteiger partial charge in [-0.25, -0.2) is 4.79 Å². The Morgan fingerprint density at radius 1 is 0.909 bits per heavy atom. The molecule has 0 fully saturated rings. The van der Waals surface area contributed by atoms with Crippen LogP contribution >= 0.6 is 0 Å². The molecule has 0 heterocycles. The second kappa shape index (κ2) is 16.1. The first-order chi connectivity index (χ1) is 20.5. The van der Waals surface area contributed by atoms with Crippen molar-refractivity contribution in [2.24, 2.45) is 11.7 Å². The Morgan fingerprint density at radius 3 is 2.07 bits per heavy atom. The van der Waals surface area contributed by atoms with Gasteiger partial charge in [0, 0.05) is 18.2 Å². The fourth-order valence-electron chi connectivity index (χ4n) is 4.74. The van der Waals surface area contributed by atoms with Gasteiger partial charge in [0.05, 0.1) is 7.11 Å². The maximum atomic E-state index is 14.6. The molecule has 0 spiro atoms. The van der Waals surface area contributed by atoms with Crippen LogP contribution in [0.5, 0.6) is 5.75 Å². The van der Waals surface area contributed by atoms with E-state index in [1.807, 2.05) is 39.0 Å². The lowest BCUT2D eigenvalue weighted by Crippen LogP contribution is -2.55. The van der Waals surface area contributed by atoms with Crippen LogP contribution in [0.4, 0.5) is 10.5 Å². The SMILES string of the molecule is COc1ccc(NC(=O)C(c2ccc(C)c(C)c2)N(C(=O)C(CCC(N)=O)NC(=O)OC(C)(C)C)C(C)CCC(C)C)cc1. The summed E-state index contributed by atoms with van der Waals surface area (Å²) < 4.78 is 10.7. The van der Waals surface area contributed by atoms with Crippen molar-refractivity contribution in [2.75, 3.05) is 12.4 Å². The molecule has 4 N–H and O–H groups in total. The Balaban J connectivity index is 2.67. The Kier molecular flexibility index (Phi) is 13.2. The number of alkyl carbamates (subject to hydrolysis) is 1. The summed E-state index contributed by atoms with van der Waals surface area (Å²) in [6, 6.07) is 9.96. The quantitative estimate of drug-likeness (QED) is 0.247. The van der Waals surface area contributed by atoms with Crippen molar-refractivity contribution in [3.8, 4) is 5.75 Å². The third kappa shape index (κ3) is 11.2. The molecule has 0 aliphatic rings. The minimum atomic E-state index is -1.17. The average Bonchev–Trinajstić information content (AvgIpc) is 2.93. The van der Waals surface area contributed by atoms with Crippen LogP contribution in [-0.2, 0) is 19.1 Å². The highest BCUT2D eigenvalue weighted by atomic mass is 16.6. The van der Waals surface area contributed by atoms with Crippen molar-refractivity contribution in [1.29, 1.82) is 0 Å². The summed E-state index contributed by atoms with van der Waals surface area (Å²) >= 11 is 0. The van der Waals surface area contributed by atoms with Crippen LogP contribution < -0.4 is 21.1 Å². The summed E-state index contributed by atoms with van der Waals surface area (Å²) in [5.74, 6) is -0.557. The van der Waals surface area contributed by atoms with E-state index < -0.39 is 47.5 Å². The predicted molar refractivity (Wildman–Crippen MR) is 172 cm³/mol. The van der Waals surface area contributed by atoms with E-state index in [4.69, 9.17) is 15.2 Å². The Morgan fingerprint density at radius 2 is 1.55 bits per heavy atom. The molecule has 0 aromatic heterocycles. The first-order valence-electron chi connectivity index (χ1n) is 15.1. The average molecular weight is 611 g/mol. The van der Waals surface area contributed by atoms with Gasteiger partial charge >= 0.3 is 6.09 Å². The van der Waals surface area contributed by atoms with Crippen molar-refractivity contribution < 1.29 is 28.7 Å². The summed E-state index contributed by atoms with van der Waals surface area (Å²) in [4.78, 5) is 55.0. The van der Waals surface area contributed by atoms with Gasteiger partial charge in [0.25, 0.3) is 5.91 Å². The molecule has 2 aromatic rings. The molecule has 3 atom stereocenters. The highest BCUT2D eigenvalue weighted by molar-refractivity contribution is 5.99. The minimum Gasteiger partial charge on any atom is -0.497 e. The molecule has 0 saturated carbocycles. The van der Waals surface area contributed by atoms with Crippen molar-refractivity contribution in [3.63, 3.8) is 0 Å². The van der Waals surface area contributed by atoms with E-state index in [9.17, 15) is 19.2 Å². The number of anilines is 1. The molecule has 3 unspecified atom stereocenters. The fraction of sp³-hybridized carbons (Fsp3) is 0.529. The van der Waals surface area contributed by atoms with Gasteiger partial charge in [-0.3, -0.25) is 14.4 Å². The molecule has 4 amide bonds. The third-order valence-electron chi connectivity index (χ3n) is 7.29. The van der Waals surface area contributed by atoms with Crippen molar-refractivity contribution in [3.05, 3.63) is 59.2 Å². The molecule has 0 aliphatic heterocycles. The van der Waals surface area contributed by atoms with Crippen LogP contribution in [0, 0.1) is 19.8 Å². The number of nitrogens with two attached hydrogens (primary N) is 1.